The number of nitrogens with one attached hydrogen (secondary N) is 1. The van der Waals surface area contributed by atoms with E-state index in [1.807, 2.05) is 54.6 Å². The molecule has 0 aliphatic heterocycles. The van der Waals surface area contributed by atoms with Crippen LogP contribution in [-0.4, -0.2) is 17.1 Å². The van der Waals surface area contributed by atoms with Crippen LogP contribution in [-0.2, 0) is 0 Å². The van der Waals surface area contributed by atoms with Gasteiger partial charge in [0.2, 0.25) is 5.88 Å². The Hall–Kier alpha value is -3.32. The monoisotopic (exact) mass is 299 g/mol. The number of aromatic nitrogens is 2. The molecule has 0 fully saturated rings. The SMILES string of the molecule is COc1nc2c([nH]c3ccccc32)c(-c2ccccc2)c1C#N. The number of pyridine rings is 1. The van der Waals surface area contributed by atoms with Gasteiger partial charge in [0.25, 0.3) is 0 Å². The van der Waals surface area contributed by atoms with Crippen molar-refractivity contribution in [1.82, 2.24) is 9.97 Å². The molecule has 4 aromatic rings. The number of rotatable bonds is 2. The molecular formula is C19H13N3O. The van der Waals surface area contributed by atoms with E-state index in [4.69, 9.17) is 4.74 Å². The van der Waals surface area contributed by atoms with Gasteiger partial charge in [0.1, 0.15) is 17.1 Å². The van der Waals surface area contributed by atoms with Gasteiger partial charge in [-0.25, -0.2) is 4.98 Å². The normalized spacial score (nSPS) is 10.8. The summed E-state index contributed by atoms with van der Waals surface area (Å²) >= 11 is 0. The van der Waals surface area contributed by atoms with E-state index in [2.05, 4.69) is 16.0 Å². The fourth-order valence-corrected chi connectivity index (χ4v) is 2.96. The molecule has 4 nitrogen and oxygen atoms in total. The second kappa shape index (κ2) is 5.15. The van der Waals surface area contributed by atoms with Crippen LogP contribution in [0.1, 0.15) is 5.56 Å². The van der Waals surface area contributed by atoms with Gasteiger partial charge in [-0.15, -0.1) is 0 Å². The van der Waals surface area contributed by atoms with Crippen molar-refractivity contribution >= 4 is 21.9 Å². The topological polar surface area (TPSA) is 61.7 Å². The van der Waals surface area contributed by atoms with E-state index in [1.54, 1.807) is 7.11 Å². The molecule has 0 aliphatic carbocycles. The van der Waals surface area contributed by atoms with Gasteiger partial charge >= 0.3 is 0 Å². The molecule has 0 amide bonds. The summed E-state index contributed by atoms with van der Waals surface area (Å²) in [5, 5.41) is 10.7. The second-order valence-electron chi connectivity index (χ2n) is 5.24. The van der Waals surface area contributed by atoms with Crippen molar-refractivity contribution in [2.45, 2.75) is 0 Å². The van der Waals surface area contributed by atoms with Crippen LogP contribution in [0.4, 0.5) is 0 Å². The summed E-state index contributed by atoms with van der Waals surface area (Å²) in [7, 11) is 1.54. The summed E-state index contributed by atoms with van der Waals surface area (Å²) in [6.45, 7) is 0. The van der Waals surface area contributed by atoms with Gasteiger partial charge in [0.05, 0.1) is 12.6 Å². The largest absolute Gasteiger partial charge is 0.480 e. The van der Waals surface area contributed by atoms with E-state index in [-0.39, 0.29) is 0 Å². The van der Waals surface area contributed by atoms with Crippen LogP contribution in [0, 0.1) is 11.3 Å². The lowest BCUT2D eigenvalue weighted by Crippen LogP contribution is -1.96. The molecule has 110 valence electrons. The molecule has 2 aromatic carbocycles. The highest BCUT2D eigenvalue weighted by Gasteiger charge is 2.20. The van der Waals surface area contributed by atoms with E-state index in [9.17, 15) is 5.26 Å². The van der Waals surface area contributed by atoms with Crippen molar-refractivity contribution in [2.75, 3.05) is 7.11 Å². The molecule has 0 radical (unpaired) electrons. The summed E-state index contributed by atoms with van der Waals surface area (Å²) in [4.78, 5) is 7.96. The first-order valence-electron chi connectivity index (χ1n) is 7.27. The molecular weight excluding hydrogens is 286 g/mol. The number of methoxy groups -OCH3 is 1. The number of nitriles is 1. The number of hydrogen-bond acceptors (Lipinski definition) is 3. The summed E-state index contributed by atoms with van der Waals surface area (Å²) in [5.41, 5.74) is 4.89. The minimum atomic E-state index is 0.351. The number of ether oxygens (including phenoxy) is 1. The van der Waals surface area contributed by atoms with Crippen LogP contribution < -0.4 is 4.74 Å². The lowest BCUT2D eigenvalue weighted by Gasteiger charge is -2.09. The second-order valence-corrected chi connectivity index (χ2v) is 5.24. The Morgan fingerprint density at radius 3 is 2.52 bits per heavy atom. The third kappa shape index (κ3) is 1.95. The smallest absolute Gasteiger partial charge is 0.232 e. The highest BCUT2D eigenvalue weighted by Crippen LogP contribution is 2.38. The zero-order valence-electron chi connectivity index (χ0n) is 12.5. The van der Waals surface area contributed by atoms with Gasteiger partial charge < -0.3 is 9.72 Å². The molecule has 2 heterocycles. The lowest BCUT2D eigenvalue weighted by molar-refractivity contribution is 0.398. The van der Waals surface area contributed by atoms with Gasteiger partial charge in [0.15, 0.2) is 0 Å². The zero-order valence-corrected chi connectivity index (χ0v) is 12.5. The third-order valence-electron chi connectivity index (χ3n) is 3.97. The van der Waals surface area contributed by atoms with E-state index in [0.717, 1.165) is 33.1 Å². The molecule has 23 heavy (non-hydrogen) atoms. The average molecular weight is 299 g/mol. The highest BCUT2D eigenvalue weighted by atomic mass is 16.5. The summed E-state index contributed by atoms with van der Waals surface area (Å²) in [6, 6.07) is 20.1. The molecule has 1 N–H and O–H groups in total. The van der Waals surface area contributed by atoms with Gasteiger partial charge in [-0.05, 0) is 11.6 Å². The molecule has 0 atom stereocenters. The third-order valence-corrected chi connectivity index (χ3v) is 3.97. The predicted molar refractivity (Wildman–Crippen MR) is 90.3 cm³/mol. The van der Waals surface area contributed by atoms with Crippen molar-refractivity contribution in [3.8, 4) is 23.1 Å². The Labute approximate surface area is 133 Å². The predicted octanol–water partition coefficient (Wildman–Crippen LogP) is 4.26. The molecule has 4 rings (SSSR count). The van der Waals surface area contributed by atoms with Crippen LogP contribution in [0.15, 0.2) is 54.6 Å². The number of para-hydroxylation sites is 1. The number of fused-ring (bicyclic) bond motifs is 3. The maximum atomic E-state index is 9.64. The summed E-state index contributed by atoms with van der Waals surface area (Å²) in [6.07, 6.45) is 0. The number of H-pyrrole nitrogens is 1. The van der Waals surface area contributed by atoms with Gasteiger partial charge in [-0.3, -0.25) is 0 Å². The standard InChI is InChI=1S/C19H13N3O/c1-23-19-14(11-20)16(12-7-3-2-4-8-12)18-17(22-19)13-9-5-6-10-15(13)21-18/h2-10,21H,1H3. The van der Waals surface area contributed by atoms with Gasteiger partial charge in [-0.2, -0.15) is 5.26 Å². The van der Waals surface area contributed by atoms with Gasteiger partial charge in [-0.1, -0.05) is 48.5 Å². The van der Waals surface area contributed by atoms with Crippen molar-refractivity contribution in [3.63, 3.8) is 0 Å². The maximum absolute atomic E-state index is 9.64. The molecule has 0 aliphatic rings. The molecule has 0 unspecified atom stereocenters. The molecule has 0 saturated heterocycles. The Balaban J connectivity index is 2.23. The number of nitrogens with zero attached hydrogens (tertiary/aromatic N) is 2. The maximum Gasteiger partial charge on any atom is 0.232 e. The summed E-state index contributed by atoms with van der Waals surface area (Å²) < 4.78 is 5.38. The number of benzene rings is 2. The molecule has 0 spiro atoms. The van der Waals surface area contributed by atoms with E-state index in [0.29, 0.717) is 11.4 Å². The average Bonchev–Trinajstić information content (AvgIpc) is 2.98. The van der Waals surface area contributed by atoms with Crippen molar-refractivity contribution in [3.05, 3.63) is 60.2 Å². The fourth-order valence-electron chi connectivity index (χ4n) is 2.96. The fraction of sp³-hybridized carbons (Fsp3) is 0.0526. The first kappa shape index (κ1) is 13.4. The zero-order chi connectivity index (χ0) is 15.8. The minimum Gasteiger partial charge on any atom is -0.480 e. The lowest BCUT2D eigenvalue weighted by atomic mass is 10.00. The molecule has 4 heteroatoms. The number of hydrogen-bond donors (Lipinski definition) is 1. The Morgan fingerprint density at radius 1 is 1.04 bits per heavy atom. The van der Waals surface area contributed by atoms with E-state index < -0.39 is 0 Å². The van der Waals surface area contributed by atoms with Crippen LogP contribution >= 0.6 is 0 Å². The summed E-state index contributed by atoms with van der Waals surface area (Å²) in [5.74, 6) is 0.351. The highest BCUT2D eigenvalue weighted by molar-refractivity contribution is 6.11. The van der Waals surface area contributed by atoms with E-state index >= 15 is 0 Å². The van der Waals surface area contributed by atoms with Crippen molar-refractivity contribution in [1.29, 1.82) is 5.26 Å². The van der Waals surface area contributed by atoms with Crippen LogP contribution in [0.3, 0.4) is 0 Å². The molecule has 0 bridgehead atoms. The van der Waals surface area contributed by atoms with Crippen LogP contribution in [0.25, 0.3) is 33.1 Å². The number of aromatic amines is 1. The van der Waals surface area contributed by atoms with Crippen LogP contribution in [0.2, 0.25) is 0 Å². The molecule has 0 saturated carbocycles. The molecule has 2 aromatic heterocycles. The van der Waals surface area contributed by atoms with Crippen molar-refractivity contribution in [2.24, 2.45) is 0 Å². The minimum absolute atomic E-state index is 0.351. The van der Waals surface area contributed by atoms with E-state index in [1.165, 1.54) is 0 Å². The van der Waals surface area contributed by atoms with Crippen LogP contribution in [0.5, 0.6) is 5.88 Å². The Bertz CT molecular complexity index is 1060. The first-order valence-corrected chi connectivity index (χ1v) is 7.27. The quantitative estimate of drug-likeness (QED) is 0.601. The Kier molecular flexibility index (Phi) is 2.99. The first-order chi connectivity index (χ1) is 11.3. The Morgan fingerprint density at radius 2 is 1.78 bits per heavy atom. The van der Waals surface area contributed by atoms with Gasteiger partial charge in [0, 0.05) is 16.5 Å². The van der Waals surface area contributed by atoms with Crippen molar-refractivity contribution < 1.29 is 4.74 Å².